The summed E-state index contributed by atoms with van der Waals surface area (Å²) in [4.78, 5) is 17.0. The second-order valence-electron chi connectivity index (χ2n) is 8.52. The van der Waals surface area contributed by atoms with Crippen molar-refractivity contribution >= 4 is 22.5 Å². The zero-order chi connectivity index (χ0) is 24.4. The Bertz CT molecular complexity index is 1490. The van der Waals surface area contributed by atoms with Crippen molar-refractivity contribution in [3.05, 3.63) is 101 Å². The van der Waals surface area contributed by atoms with Crippen LogP contribution in [0.2, 0.25) is 0 Å². The first-order valence-corrected chi connectivity index (χ1v) is 11.2. The van der Waals surface area contributed by atoms with Gasteiger partial charge in [-0.1, -0.05) is 24.3 Å². The third-order valence-corrected chi connectivity index (χ3v) is 6.16. The molecule has 3 N–H and O–H groups in total. The first kappa shape index (κ1) is 22.3. The summed E-state index contributed by atoms with van der Waals surface area (Å²) < 4.78 is 6.95. The highest BCUT2D eigenvalue weighted by Crippen LogP contribution is 2.27. The van der Waals surface area contributed by atoms with Crippen LogP contribution in [0, 0.1) is 13.8 Å². The van der Waals surface area contributed by atoms with Gasteiger partial charge in [-0.15, -0.1) is 10.2 Å². The summed E-state index contributed by atoms with van der Waals surface area (Å²) in [7, 11) is 0. The van der Waals surface area contributed by atoms with Crippen molar-refractivity contribution in [2.24, 2.45) is 0 Å². The molecule has 3 heterocycles. The van der Waals surface area contributed by atoms with Crippen LogP contribution < -0.4 is 11.1 Å². The number of nitrogens with one attached hydrogen (secondary N) is 1. The van der Waals surface area contributed by atoms with Gasteiger partial charge >= 0.3 is 0 Å². The molecule has 5 rings (SSSR count). The van der Waals surface area contributed by atoms with Gasteiger partial charge in [0.25, 0.3) is 5.91 Å². The summed E-state index contributed by atoms with van der Waals surface area (Å²) in [5, 5.41) is 17.0. The molecule has 0 spiro atoms. The Labute approximate surface area is 202 Å². The lowest BCUT2D eigenvalue weighted by atomic mass is 9.96. The highest BCUT2D eigenvalue weighted by atomic mass is 16.4. The van der Waals surface area contributed by atoms with E-state index in [1.54, 1.807) is 23.3 Å². The van der Waals surface area contributed by atoms with Crippen LogP contribution >= 0.6 is 0 Å². The second-order valence-corrected chi connectivity index (χ2v) is 8.52. The Morgan fingerprint density at radius 1 is 1.11 bits per heavy atom. The van der Waals surface area contributed by atoms with E-state index in [1.807, 2.05) is 50.2 Å². The van der Waals surface area contributed by atoms with Gasteiger partial charge in [-0.2, -0.15) is 5.10 Å². The van der Waals surface area contributed by atoms with Gasteiger partial charge in [-0.25, -0.2) is 4.98 Å². The van der Waals surface area contributed by atoms with E-state index >= 15 is 0 Å². The Morgan fingerprint density at radius 2 is 1.91 bits per heavy atom. The lowest BCUT2D eigenvalue weighted by Crippen LogP contribution is -2.23. The molecule has 0 bridgehead atoms. The molecule has 9 nitrogen and oxygen atoms in total. The number of fused-ring (bicyclic) bond motifs is 1. The predicted molar refractivity (Wildman–Crippen MR) is 132 cm³/mol. The molecule has 0 atom stereocenters. The predicted octanol–water partition coefficient (Wildman–Crippen LogP) is 3.58. The molecule has 0 unspecified atom stereocenters. The molecule has 0 aliphatic rings. The number of hydrogen-bond donors (Lipinski definition) is 2. The van der Waals surface area contributed by atoms with Gasteiger partial charge in [-0.3, -0.25) is 9.48 Å². The van der Waals surface area contributed by atoms with Crippen molar-refractivity contribution < 1.29 is 9.21 Å². The summed E-state index contributed by atoms with van der Waals surface area (Å²) in [6, 6.07) is 12.1. The molecule has 1 amide bonds. The standard InChI is InChI=1S/C26H25N7O2/c1-16-9-22-21(7-8-28-25(22)27)17(2)23(16)12-29-26(34)20-11-31-33(14-20)13-19-5-3-18(4-6-19)10-24-32-30-15-35-24/h3-9,11,14-15H,10,12-13H2,1-2H3,(H2,27,28)(H,29,34). The summed E-state index contributed by atoms with van der Waals surface area (Å²) in [5.74, 6) is 0.924. The average Bonchev–Trinajstić information content (AvgIpc) is 3.53. The van der Waals surface area contributed by atoms with Crippen molar-refractivity contribution in [2.75, 3.05) is 5.73 Å². The first-order chi connectivity index (χ1) is 17.0. The topological polar surface area (TPSA) is 125 Å². The van der Waals surface area contributed by atoms with Crippen molar-refractivity contribution in [3.8, 4) is 0 Å². The molecule has 5 aromatic rings. The minimum Gasteiger partial charge on any atom is -0.428 e. The Morgan fingerprint density at radius 3 is 2.69 bits per heavy atom. The quantitative estimate of drug-likeness (QED) is 0.375. The molecule has 0 aliphatic heterocycles. The van der Waals surface area contributed by atoms with Crippen LogP contribution in [0.3, 0.4) is 0 Å². The largest absolute Gasteiger partial charge is 0.428 e. The number of hydrogen-bond acceptors (Lipinski definition) is 7. The number of carbonyl (C=O) groups excluding carboxylic acids is 1. The number of nitrogen functional groups attached to an aromatic ring is 1. The van der Waals surface area contributed by atoms with E-state index in [4.69, 9.17) is 10.2 Å². The van der Waals surface area contributed by atoms with Crippen LogP contribution in [-0.2, 0) is 19.5 Å². The van der Waals surface area contributed by atoms with Gasteiger partial charge in [0.2, 0.25) is 12.3 Å². The maximum Gasteiger partial charge on any atom is 0.254 e. The van der Waals surface area contributed by atoms with Crippen LogP contribution in [-0.4, -0.2) is 30.9 Å². The minimum atomic E-state index is -0.167. The van der Waals surface area contributed by atoms with E-state index in [-0.39, 0.29) is 5.91 Å². The zero-order valence-corrected chi connectivity index (χ0v) is 19.5. The smallest absolute Gasteiger partial charge is 0.254 e. The van der Waals surface area contributed by atoms with Crippen LogP contribution in [0.5, 0.6) is 0 Å². The van der Waals surface area contributed by atoms with Gasteiger partial charge in [0.05, 0.1) is 24.7 Å². The number of nitrogens with zero attached hydrogens (tertiary/aromatic N) is 5. The molecular formula is C26H25N7O2. The SMILES string of the molecule is Cc1cc2c(N)nccc2c(C)c1CNC(=O)c1cnn(Cc2ccc(Cc3nnco3)cc2)c1. The van der Waals surface area contributed by atoms with Crippen molar-refractivity contribution in [1.82, 2.24) is 30.3 Å². The molecule has 0 saturated heterocycles. The van der Waals surface area contributed by atoms with Crippen molar-refractivity contribution in [1.29, 1.82) is 0 Å². The monoisotopic (exact) mass is 467 g/mol. The molecule has 0 aliphatic carbocycles. The van der Waals surface area contributed by atoms with E-state index in [0.717, 1.165) is 38.6 Å². The number of benzene rings is 2. The number of aromatic nitrogens is 5. The lowest BCUT2D eigenvalue weighted by molar-refractivity contribution is 0.0950. The molecule has 0 radical (unpaired) electrons. The van der Waals surface area contributed by atoms with Crippen LogP contribution in [0.1, 0.15) is 44.1 Å². The number of pyridine rings is 1. The summed E-state index contributed by atoms with van der Waals surface area (Å²) in [5.41, 5.74) is 11.9. The molecular weight excluding hydrogens is 442 g/mol. The Balaban J connectivity index is 1.23. The fraction of sp³-hybridized carbons (Fsp3) is 0.192. The molecule has 35 heavy (non-hydrogen) atoms. The molecule has 2 aromatic carbocycles. The van der Waals surface area contributed by atoms with E-state index in [1.165, 1.54) is 6.39 Å². The minimum absolute atomic E-state index is 0.167. The number of rotatable bonds is 7. The van der Waals surface area contributed by atoms with Gasteiger partial charge < -0.3 is 15.5 Å². The Kier molecular flexibility index (Phi) is 5.97. The third-order valence-electron chi connectivity index (χ3n) is 6.16. The maximum atomic E-state index is 12.8. The van der Waals surface area contributed by atoms with Crippen molar-refractivity contribution in [2.45, 2.75) is 33.4 Å². The number of carbonyl (C=O) groups is 1. The molecule has 176 valence electrons. The third kappa shape index (κ3) is 4.74. The first-order valence-electron chi connectivity index (χ1n) is 11.2. The summed E-state index contributed by atoms with van der Waals surface area (Å²) >= 11 is 0. The number of anilines is 1. The van der Waals surface area contributed by atoms with Crippen LogP contribution in [0.4, 0.5) is 5.82 Å². The Hall–Kier alpha value is -4.53. The van der Waals surface area contributed by atoms with Gasteiger partial charge in [0, 0.05) is 24.3 Å². The highest BCUT2D eigenvalue weighted by molar-refractivity contribution is 5.95. The maximum absolute atomic E-state index is 12.8. The van der Waals surface area contributed by atoms with Gasteiger partial charge in [0.1, 0.15) is 5.82 Å². The van der Waals surface area contributed by atoms with Crippen LogP contribution in [0.15, 0.2) is 65.8 Å². The highest BCUT2D eigenvalue weighted by Gasteiger charge is 2.13. The molecule has 0 fully saturated rings. The van der Waals surface area contributed by atoms with Gasteiger partial charge in [0.15, 0.2) is 0 Å². The summed E-state index contributed by atoms with van der Waals surface area (Å²) in [6.45, 7) is 5.04. The summed E-state index contributed by atoms with van der Waals surface area (Å²) in [6.07, 6.45) is 6.97. The lowest BCUT2D eigenvalue weighted by Gasteiger charge is -2.14. The molecule has 3 aromatic heterocycles. The number of amides is 1. The van der Waals surface area contributed by atoms with Gasteiger partial charge in [-0.05, 0) is 59.2 Å². The molecule has 9 heteroatoms. The normalized spacial score (nSPS) is 11.1. The molecule has 0 saturated carbocycles. The number of aryl methyl sites for hydroxylation is 2. The second kappa shape index (κ2) is 9.38. The average molecular weight is 468 g/mol. The van der Waals surface area contributed by atoms with E-state index in [2.05, 4.69) is 25.6 Å². The van der Waals surface area contributed by atoms with E-state index < -0.39 is 0 Å². The van der Waals surface area contributed by atoms with E-state index in [9.17, 15) is 4.79 Å². The van der Waals surface area contributed by atoms with E-state index in [0.29, 0.717) is 36.8 Å². The zero-order valence-electron chi connectivity index (χ0n) is 19.5. The number of nitrogens with two attached hydrogens (primary N) is 1. The van der Waals surface area contributed by atoms with Crippen LogP contribution in [0.25, 0.3) is 10.8 Å². The fourth-order valence-corrected chi connectivity index (χ4v) is 4.24. The fourth-order valence-electron chi connectivity index (χ4n) is 4.24. The van der Waals surface area contributed by atoms with Crippen molar-refractivity contribution in [3.63, 3.8) is 0 Å².